The average Bonchev–Trinajstić information content (AvgIpc) is 3.67. The predicted molar refractivity (Wildman–Crippen MR) is 173 cm³/mol. The molecule has 0 unspecified atom stereocenters. The van der Waals surface area contributed by atoms with Gasteiger partial charge in [-0.2, -0.15) is 11.6 Å². The van der Waals surface area contributed by atoms with E-state index >= 15 is 0 Å². The molecule has 0 bridgehead atoms. The minimum absolute atomic E-state index is 0. The van der Waals surface area contributed by atoms with Crippen molar-refractivity contribution in [2.45, 2.75) is 27.2 Å². The van der Waals surface area contributed by atoms with Crippen LogP contribution >= 0.6 is 0 Å². The first-order valence-corrected chi connectivity index (χ1v) is 15.1. The monoisotopic (exact) mass is 700 g/mol. The van der Waals surface area contributed by atoms with Crippen LogP contribution in [0.25, 0.3) is 33.7 Å². The standard InChI is InChI=1S/C17H13.C13H8F2.C9H13.2ClH.Zr/c1-3-12-5-7-14-11-15-8-6-13(4-2)10-17(15)16(14)9-12;14-12-5-1-10(2-6-12)9-11-3-7-13(15)8-4-11;1-9(2,3)8-6-4-5-7-8;;;/h3-11H,1-2H2;1-8H;6-7H,4H2,1-3H3;2*1H;/q-1;;-1;;;+2/p-2. The maximum Gasteiger partial charge on any atom is -1.00 e. The van der Waals surface area contributed by atoms with Gasteiger partial charge in [0.05, 0.1) is 0 Å². The average molecular weight is 703 g/mol. The van der Waals surface area contributed by atoms with Gasteiger partial charge in [-0.25, -0.2) is 6.08 Å². The first-order chi connectivity index (χ1) is 20.1. The van der Waals surface area contributed by atoms with E-state index in [0.717, 1.165) is 31.9 Å². The van der Waals surface area contributed by atoms with Crippen LogP contribution in [0.15, 0.2) is 122 Å². The second-order valence-corrected chi connectivity index (χ2v) is 12.3. The van der Waals surface area contributed by atoms with Gasteiger partial charge in [0.2, 0.25) is 0 Å². The second kappa shape index (κ2) is 16.8. The van der Waals surface area contributed by atoms with Crippen LogP contribution in [0.2, 0.25) is 0 Å². The molecule has 0 saturated carbocycles. The minimum Gasteiger partial charge on any atom is -1.00 e. The third-order valence-corrected chi connectivity index (χ3v) is 8.48. The van der Waals surface area contributed by atoms with Crippen molar-refractivity contribution in [2.75, 3.05) is 0 Å². The molecule has 0 aromatic heterocycles. The minimum atomic E-state index is -0.244. The molecule has 6 rings (SSSR count). The maximum atomic E-state index is 12.8. The van der Waals surface area contributed by atoms with Crippen LogP contribution in [0.3, 0.4) is 0 Å². The fourth-order valence-electron chi connectivity index (χ4n) is 4.61. The molecule has 0 saturated heterocycles. The zero-order valence-corrected chi connectivity index (χ0v) is 29.1. The van der Waals surface area contributed by atoms with Crippen LogP contribution in [-0.2, 0) is 24.2 Å². The molecule has 0 aliphatic heterocycles. The van der Waals surface area contributed by atoms with Gasteiger partial charge < -0.3 is 24.8 Å². The molecule has 0 amide bonds. The molecule has 44 heavy (non-hydrogen) atoms. The smallest absolute Gasteiger partial charge is 1.00 e. The largest absolute Gasteiger partial charge is 1.00 e. The van der Waals surface area contributed by atoms with Crippen LogP contribution in [0.4, 0.5) is 8.78 Å². The van der Waals surface area contributed by atoms with Crippen molar-refractivity contribution in [1.29, 1.82) is 0 Å². The third-order valence-electron chi connectivity index (χ3n) is 7.06. The van der Waals surface area contributed by atoms with Crippen molar-refractivity contribution < 1.29 is 57.8 Å². The van der Waals surface area contributed by atoms with Crippen LogP contribution in [0, 0.1) is 23.1 Å². The molecule has 0 nitrogen and oxygen atoms in total. The van der Waals surface area contributed by atoms with Gasteiger partial charge in [0.1, 0.15) is 0 Å². The summed E-state index contributed by atoms with van der Waals surface area (Å²) in [6.45, 7) is 14.3. The summed E-state index contributed by atoms with van der Waals surface area (Å²) in [6, 6.07) is 27.8. The van der Waals surface area contributed by atoms with Crippen molar-refractivity contribution in [3.63, 3.8) is 0 Å². The summed E-state index contributed by atoms with van der Waals surface area (Å²) in [6.07, 6.45) is 12.3. The summed E-state index contributed by atoms with van der Waals surface area (Å²) < 4.78 is 26.6. The molecular formula is C39H34Cl2F2Zr-2. The Labute approximate surface area is 287 Å². The summed E-state index contributed by atoms with van der Waals surface area (Å²) >= 11 is 1.22. The fourth-order valence-corrected chi connectivity index (χ4v) is 5.43. The first kappa shape index (κ1) is 37.1. The molecule has 1 aliphatic carbocycles. The Morgan fingerprint density at radius 3 is 1.50 bits per heavy atom. The number of fused-ring (bicyclic) bond motifs is 3. The van der Waals surface area contributed by atoms with E-state index in [1.807, 2.05) is 12.2 Å². The summed E-state index contributed by atoms with van der Waals surface area (Å²) in [5, 5.41) is 5.15. The van der Waals surface area contributed by atoms with E-state index in [2.05, 4.69) is 94.6 Å². The molecular weight excluding hydrogens is 669 g/mol. The van der Waals surface area contributed by atoms with E-state index in [4.69, 9.17) is 0 Å². The van der Waals surface area contributed by atoms with E-state index < -0.39 is 0 Å². The maximum absolute atomic E-state index is 12.8. The first-order valence-electron chi connectivity index (χ1n) is 13.8. The SMILES string of the molecule is C=Cc1ccc2[cH-]c3ccc(C=C)cc3c2c1.CC(C)(C)C1=CC[C-]=C1.Fc1ccc([C](=[Zr+2])c2ccc(F)cc2)cc1.[Cl-].[Cl-]. The summed E-state index contributed by atoms with van der Waals surface area (Å²) in [7, 11) is 0. The van der Waals surface area contributed by atoms with E-state index in [0.29, 0.717) is 5.41 Å². The van der Waals surface area contributed by atoms with Gasteiger partial charge in [-0.05, 0) is 11.1 Å². The number of rotatable bonds is 4. The molecule has 5 aromatic carbocycles. The van der Waals surface area contributed by atoms with Crippen molar-refractivity contribution in [3.8, 4) is 0 Å². The Balaban J connectivity index is 0.000000235. The van der Waals surface area contributed by atoms with Gasteiger partial charge in [-0.3, -0.25) is 6.08 Å². The number of benzene rings is 4. The van der Waals surface area contributed by atoms with E-state index in [-0.39, 0.29) is 36.4 Å². The number of halogens is 4. The Morgan fingerprint density at radius 1 is 0.750 bits per heavy atom. The van der Waals surface area contributed by atoms with Crippen molar-refractivity contribution in [3.05, 3.63) is 162 Å². The molecule has 0 atom stereocenters. The molecule has 0 fully saturated rings. The van der Waals surface area contributed by atoms with Gasteiger partial charge in [0, 0.05) is 0 Å². The third kappa shape index (κ3) is 9.70. The quantitative estimate of drug-likeness (QED) is 0.236. The van der Waals surface area contributed by atoms with Gasteiger partial charge in [0.25, 0.3) is 0 Å². The molecule has 5 heteroatoms. The molecule has 0 spiro atoms. The Morgan fingerprint density at radius 2 is 1.18 bits per heavy atom. The molecule has 224 valence electrons. The molecule has 0 radical (unpaired) electrons. The normalized spacial score (nSPS) is 11.7. The van der Waals surface area contributed by atoms with Gasteiger partial charge in [-0.15, -0.1) is 46.2 Å². The Hall–Kier alpha value is -3.10. The van der Waals surface area contributed by atoms with Gasteiger partial charge in [0.15, 0.2) is 0 Å². The topological polar surface area (TPSA) is 0 Å². The fraction of sp³-hybridized carbons (Fsp3) is 0.128. The molecule has 0 heterocycles. The van der Waals surface area contributed by atoms with Crippen LogP contribution in [-0.4, -0.2) is 3.21 Å². The summed E-state index contributed by atoms with van der Waals surface area (Å²) in [5.41, 5.74) is 6.02. The number of allylic oxidation sites excluding steroid dienone is 4. The summed E-state index contributed by atoms with van der Waals surface area (Å²) in [4.78, 5) is 0. The molecule has 1 aliphatic rings. The zero-order chi connectivity index (χ0) is 30.3. The predicted octanol–water partition coefficient (Wildman–Crippen LogP) is 4.81. The van der Waals surface area contributed by atoms with E-state index in [1.165, 1.54) is 75.6 Å². The Bertz CT molecular complexity index is 1680. The zero-order valence-electron chi connectivity index (χ0n) is 25.1. The van der Waals surface area contributed by atoms with E-state index in [9.17, 15) is 8.78 Å². The number of hydrogen-bond donors (Lipinski definition) is 0. The van der Waals surface area contributed by atoms with Crippen molar-refractivity contribution in [1.82, 2.24) is 0 Å². The van der Waals surface area contributed by atoms with Gasteiger partial charge >= 0.3 is 108 Å². The second-order valence-electron chi connectivity index (χ2n) is 11.1. The van der Waals surface area contributed by atoms with Crippen LogP contribution in [0.1, 0.15) is 49.4 Å². The van der Waals surface area contributed by atoms with Crippen LogP contribution < -0.4 is 24.8 Å². The molecule has 5 aromatic rings. The molecule has 0 N–H and O–H groups in total. The van der Waals surface area contributed by atoms with Crippen molar-refractivity contribution in [2.24, 2.45) is 5.41 Å². The van der Waals surface area contributed by atoms with Crippen LogP contribution in [0.5, 0.6) is 0 Å². The number of hydrogen-bond acceptors (Lipinski definition) is 0. The Kier molecular flexibility index (Phi) is 14.2. The van der Waals surface area contributed by atoms with Crippen molar-refractivity contribution >= 4 is 36.9 Å². The van der Waals surface area contributed by atoms with Gasteiger partial charge in [-0.1, -0.05) is 75.8 Å². The summed E-state index contributed by atoms with van der Waals surface area (Å²) in [5.74, 6) is -0.488. The van der Waals surface area contributed by atoms with E-state index in [1.54, 1.807) is 24.3 Å².